The predicted molar refractivity (Wildman–Crippen MR) is 119 cm³/mol. The maximum absolute atomic E-state index is 2.30. The lowest BCUT2D eigenvalue weighted by Crippen LogP contribution is -1.91. The van der Waals surface area contributed by atoms with Crippen LogP contribution >= 0.6 is 0 Å². The van der Waals surface area contributed by atoms with Crippen molar-refractivity contribution in [3.8, 4) is 22.3 Å². The molecule has 0 bridgehead atoms. The third-order valence-electron chi connectivity index (χ3n) is 5.37. The molecule has 3 aromatic carbocycles. The maximum atomic E-state index is 2.30. The largest absolute Gasteiger partial charge is 0.0654 e. The second-order valence-electron chi connectivity index (χ2n) is 7.47. The van der Waals surface area contributed by atoms with Crippen molar-refractivity contribution in [2.75, 3.05) is 0 Å². The van der Waals surface area contributed by atoms with Gasteiger partial charge in [0.1, 0.15) is 0 Å². The SMILES string of the molecule is CCCCCCCCCc1ccccc1-c1ccc(-c2ccccc2)cc1. The zero-order valence-corrected chi connectivity index (χ0v) is 16.7. The predicted octanol–water partition coefficient (Wildman–Crippen LogP) is 8.31. The molecule has 0 heterocycles. The van der Waals surface area contributed by atoms with Crippen molar-refractivity contribution in [1.82, 2.24) is 0 Å². The van der Waals surface area contributed by atoms with Crippen LogP contribution in [0.4, 0.5) is 0 Å². The summed E-state index contributed by atoms with van der Waals surface area (Å²) in [5.41, 5.74) is 6.76. The Balaban J connectivity index is 1.62. The van der Waals surface area contributed by atoms with Crippen LogP contribution in [0.25, 0.3) is 22.3 Å². The topological polar surface area (TPSA) is 0 Å². The fraction of sp³-hybridized carbons (Fsp3) is 0.333. The van der Waals surface area contributed by atoms with Gasteiger partial charge in [0.15, 0.2) is 0 Å². The van der Waals surface area contributed by atoms with Gasteiger partial charge >= 0.3 is 0 Å². The van der Waals surface area contributed by atoms with Gasteiger partial charge in [-0.25, -0.2) is 0 Å². The standard InChI is InChI=1S/C27H32/c1-2-3-4-5-6-7-9-16-25-17-12-13-18-27(25)26-21-19-24(20-22-26)23-14-10-8-11-15-23/h8,10-15,17-22H,2-7,9,16H2,1H3. The Kier molecular flexibility index (Phi) is 7.71. The summed E-state index contributed by atoms with van der Waals surface area (Å²) in [6, 6.07) is 28.5. The van der Waals surface area contributed by atoms with Gasteiger partial charge in [0.05, 0.1) is 0 Å². The minimum Gasteiger partial charge on any atom is -0.0654 e. The summed E-state index contributed by atoms with van der Waals surface area (Å²) in [5, 5.41) is 0. The van der Waals surface area contributed by atoms with Crippen LogP contribution in [-0.2, 0) is 6.42 Å². The summed E-state index contributed by atoms with van der Waals surface area (Å²) in [7, 11) is 0. The number of hydrogen-bond donors (Lipinski definition) is 0. The molecule has 0 nitrogen and oxygen atoms in total. The molecule has 140 valence electrons. The van der Waals surface area contributed by atoms with E-state index in [4.69, 9.17) is 0 Å². The molecule has 0 radical (unpaired) electrons. The fourth-order valence-electron chi connectivity index (χ4n) is 3.77. The van der Waals surface area contributed by atoms with Crippen molar-refractivity contribution in [3.05, 3.63) is 84.4 Å². The van der Waals surface area contributed by atoms with Crippen molar-refractivity contribution in [2.45, 2.75) is 58.3 Å². The first kappa shape index (κ1) is 19.4. The molecule has 0 spiro atoms. The van der Waals surface area contributed by atoms with E-state index >= 15 is 0 Å². The van der Waals surface area contributed by atoms with Crippen LogP contribution in [-0.4, -0.2) is 0 Å². The van der Waals surface area contributed by atoms with Gasteiger partial charge in [-0.05, 0) is 40.7 Å². The molecule has 0 amide bonds. The minimum atomic E-state index is 1.18. The Bertz CT molecular complexity index is 784. The highest BCUT2D eigenvalue weighted by atomic mass is 14.1. The van der Waals surface area contributed by atoms with Crippen molar-refractivity contribution in [3.63, 3.8) is 0 Å². The molecule has 0 saturated heterocycles. The monoisotopic (exact) mass is 356 g/mol. The lowest BCUT2D eigenvalue weighted by molar-refractivity contribution is 0.589. The van der Waals surface area contributed by atoms with Gasteiger partial charge in [0.2, 0.25) is 0 Å². The van der Waals surface area contributed by atoms with Crippen molar-refractivity contribution < 1.29 is 0 Å². The van der Waals surface area contributed by atoms with Crippen LogP contribution < -0.4 is 0 Å². The molecule has 27 heavy (non-hydrogen) atoms. The van der Waals surface area contributed by atoms with Gasteiger partial charge in [0, 0.05) is 0 Å². The molecular formula is C27H32. The fourth-order valence-corrected chi connectivity index (χ4v) is 3.77. The molecule has 0 saturated carbocycles. The highest BCUT2D eigenvalue weighted by molar-refractivity contribution is 5.72. The molecule has 0 aliphatic carbocycles. The lowest BCUT2D eigenvalue weighted by atomic mass is 9.94. The summed E-state index contributed by atoms with van der Waals surface area (Å²) in [6.45, 7) is 2.28. The molecule has 0 aliphatic rings. The Morgan fingerprint density at radius 2 is 1.04 bits per heavy atom. The van der Waals surface area contributed by atoms with Crippen molar-refractivity contribution in [2.24, 2.45) is 0 Å². The quantitative estimate of drug-likeness (QED) is 0.320. The molecule has 0 N–H and O–H groups in total. The Labute approximate surface area is 165 Å². The van der Waals surface area contributed by atoms with E-state index in [9.17, 15) is 0 Å². The van der Waals surface area contributed by atoms with Crippen molar-refractivity contribution >= 4 is 0 Å². The van der Waals surface area contributed by atoms with E-state index in [1.54, 1.807) is 0 Å². The molecule has 3 rings (SSSR count). The van der Waals surface area contributed by atoms with E-state index in [-0.39, 0.29) is 0 Å². The summed E-state index contributed by atoms with van der Waals surface area (Å²) in [4.78, 5) is 0. The van der Waals surface area contributed by atoms with Crippen LogP contribution in [0.1, 0.15) is 57.4 Å². The van der Waals surface area contributed by atoms with E-state index < -0.39 is 0 Å². The second-order valence-corrected chi connectivity index (χ2v) is 7.47. The molecule has 0 aliphatic heterocycles. The molecule has 3 aromatic rings. The van der Waals surface area contributed by atoms with Gasteiger partial charge in [0.25, 0.3) is 0 Å². The normalized spacial score (nSPS) is 10.9. The van der Waals surface area contributed by atoms with E-state index in [2.05, 4.69) is 85.8 Å². The second kappa shape index (κ2) is 10.7. The summed E-state index contributed by atoms with van der Waals surface area (Å²) in [5.74, 6) is 0. The van der Waals surface area contributed by atoms with Gasteiger partial charge in [-0.2, -0.15) is 0 Å². The molecular weight excluding hydrogens is 324 g/mol. The Morgan fingerprint density at radius 3 is 1.78 bits per heavy atom. The van der Waals surface area contributed by atoms with Crippen LogP contribution in [0.15, 0.2) is 78.9 Å². The number of aryl methyl sites for hydroxylation is 1. The first-order valence-corrected chi connectivity index (χ1v) is 10.6. The van der Waals surface area contributed by atoms with Gasteiger partial charge < -0.3 is 0 Å². The van der Waals surface area contributed by atoms with Crippen LogP contribution in [0, 0.1) is 0 Å². The number of rotatable bonds is 10. The molecule has 0 atom stereocenters. The smallest absolute Gasteiger partial charge is 0.0152 e. The number of unbranched alkanes of at least 4 members (excludes halogenated alkanes) is 6. The van der Waals surface area contributed by atoms with Gasteiger partial charge in [-0.1, -0.05) is 124 Å². The minimum absolute atomic E-state index is 1.18. The van der Waals surface area contributed by atoms with Crippen molar-refractivity contribution in [1.29, 1.82) is 0 Å². The van der Waals surface area contributed by atoms with E-state index in [1.165, 1.54) is 79.2 Å². The van der Waals surface area contributed by atoms with E-state index in [1.807, 2.05) is 0 Å². The molecule has 0 unspecified atom stereocenters. The van der Waals surface area contributed by atoms with Gasteiger partial charge in [-0.3, -0.25) is 0 Å². The van der Waals surface area contributed by atoms with E-state index in [0.717, 1.165) is 0 Å². The zero-order chi connectivity index (χ0) is 18.7. The average molecular weight is 357 g/mol. The maximum Gasteiger partial charge on any atom is -0.0152 e. The first-order valence-electron chi connectivity index (χ1n) is 10.6. The highest BCUT2D eigenvalue weighted by Crippen LogP contribution is 2.28. The zero-order valence-electron chi connectivity index (χ0n) is 16.7. The Hall–Kier alpha value is -2.34. The summed E-state index contributed by atoms with van der Waals surface area (Å²) >= 11 is 0. The number of benzene rings is 3. The van der Waals surface area contributed by atoms with Crippen LogP contribution in [0.5, 0.6) is 0 Å². The first-order chi connectivity index (χ1) is 13.4. The Morgan fingerprint density at radius 1 is 0.481 bits per heavy atom. The lowest BCUT2D eigenvalue weighted by Gasteiger charge is -2.11. The third kappa shape index (κ3) is 5.82. The summed E-state index contributed by atoms with van der Waals surface area (Å²) in [6.07, 6.45) is 10.7. The average Bonchev–Trinajstić information content (AvgIpc) is 2.74. The summed E-state index contributed by atoms with van der Waals surface area (Å²) < 4.78 is 0. The molecule has 0 aromatic heterocycles. The van der Waals surface area contributed by atoms with Gasteiger partial charge in [-0.15, -0.1) is 0 Å². The molecule has 0 fully saturated rings. The highest BCUT2D eigenvalue weighted by Gasteiger charge is 2.05. The van der Waals surface area contributed by atoms with Crippen LogP contribution in [0.3, 0.4) is 0 Å². The third-order valence-corrected chi connectivity index (χ3v) is 5.37. The van der Waals surface area contributed by atoms with Crippen LogP contribution in [0.2, 0.25) is 0 Å². The number of hydrogen-bond acceptors (Lipinski definition) is 0. The van der Waals surface area contributed by atoms with E-state index in [0.29, 0.717) is 0 Å². The molecule has 0 heteroatoms.